The first-order valence-electron chi connectivity index (χ1n) is 6.40. The Kier molecular flexibility index (Phi) is 5.18. The van der Waals surface area contributed by atoms with Crippen molar-refractivity contribution >= 4 is 11.6 Å². The van der Waals surface area contributed by atoms with Crippen molar-refractivity contribution in [3.05, 3.63) is 34.6 Å². The zero-order valence-corrected chi connectivity index (χ0v) is 12.6. The van der Waals surface area contributed by atoms with E-state index in [0.29, 0.717) is 10.9 Å². The third-order valence-corrected chi connectivity index (χ3v) is 3.96. The van der Waals surface area contributed by atoms with Gasteiger partial charge in [-0.1, -0.05) is 45.4 Å². The highest BCUT2D eigenvalue weighted by Gasteiger charge is 2.20. The highest BCUT2D eigenvalue weighted by Crippen LogP contribution is 2.27. The second-order valence-corrected chi connectivity index (χ2v) is 6.47. The SMILES string of the molecule is CC(NCC(C)C(C)(C)C)c1ccc(F)cc1Cl. The molecule has 1 aromatic rings. The van der Waals surface area contributed by atoms with Gasteiger partial charge in [-0.3, -0.25) is 0 Å². The molecule has 0 saturated heterocycles. The second kappa shape index (κ2) is 6.03. The molecule has 1 nitrogen and oxygen atoms in total. The van der Waals surface area contributed by atoms with Crippen LogP contribution in [-0.4, -0.2) is 6.54 Å². The van der Waals surface area contributed by atoms with Gasteiger partial charge in [0.1, 0.15) is 5.82 Å². The summed E-state index contributed by atoms with van der Waals surface area (Å²) >= 11 is 6.05. The molecule has 102 valence electrons. The summed E-state index contributed by atoms with van der Waals surface area (Å²) in [5.74, 6) is 0.262. The van der Waals surface area contributed by atoms with Gasteiger partial charge in [0.05, 0.1) is 0 Å². The molecule has 1 aromatic carbocycles. The summed E-state index contributed by atoms with van der Waals surface area (Å²) < 4.78 is 13.0. The van der Waals surface area contributed by atoms with Gasteiger partial charge < -0.3 is 5.32 Å². The van der Waals surface area contributed by atoms with Gasteiger partial charge in [-0.05, 0) is 42.5 Å². The first-order valence-corrected chi connectivity index (χ1v) is 6.78. The van der Waals surface area contributed by atoms with Gasteiger partial charge in [-0.2, -0.15) is 0 Å². The smallest absolute Gasteiger partial charge is 0.124 e. The summed E-state index contributed by atoms with van der Waals surface area (Å²) in [6.07, 6.45) is 0. The van der Waals surface area contributed by atoms with Gasteiger partial charge in [0.15, 0.2) is 0 Å². The topological polar surface area (TPSA) is 12.0 Å². The zero-order valence-electron chi connectivity index (χ0n) is 11.8. The molecule has 2 atom stereocenters. The van der Waals surface area contributed by atoms with Crippen LogP contribution in [0.15, 0.2) is 18.2 Å². The molecular formula is C15H23ClFN. The minimum atomic E-state index is -0.293. The lowest BCUT2D eigenvalue weighted by atomic mass is 9.82. The van der Waals surface area contributed by atoms with Crippen molar-refractivity contribution in [1.29, 1.82) is 0 Å². The van der Waals surface area contributed by atoms with Crippen LogP contribution in [0.4, 0.5) is 4.39 Å². The predicted molar refractivity (Wildman–Crippen MR) is 76.4 cm³/mol. The zero-order chi connectivity index (χ0) is 13.9. The van der Waals surface area contributed by atoms with E-state index in [0.717, 1.165) is 12.1 Å². The fraction of sp³-hybridized carbons (Fsp3) is 0.600. The Morgan fingerprint density at radius 1 is 1.28 bits per heavy atom. The first-order chi connectivity index (χ1) is 8.21. The fourth-order valence-electron chi connectivity index (χ4n) is 1.62. The van der Waals surface area contributed by atoms with Crippen molar-refractivity contribution in [2.45, 2.75) is 40.7 Å². The minimum Gasteiger partial charge on any atom is -0.310 e. The summed E-state index contributed by atoms with van der Waals surface area (Å²) in [6, 6.07) is 4.69. The molecule has 0 aliphatic carbocycles. The Hall–Kier alpha value is -0.600. The number of rotatable bonds is 4. The molecule has 0 aliphatic rings. The average molecular weight is 272 g/mol. The van der Waals surface area contributed by atoms with E-state index in [-0.39, 0.29) is 17.3 Å². The van der Waals surface area contributed by atoms with Crippen LogP contribution >= 0.6 is 11.6 Å². The van der Waals surface area contributed by atoms with Crippen LogP contribution in [0.1, 0.15) is 46.2 Å². The Bertz CT molecular complexity index is 398. The first kappa shape index (κ1) is 15.5. The maximum Gasteiger partial charge on any atom is 0.124 e. The molecule has 0 aromatic heterocycles. The quantitative estimate of drug-likeness (QED) is 0.828. The maximum atomic E-state index is 13.0. The maximum absolute atomic E-state index is 13.0. The van der Waals surface area contributed by atoms with Gasteiger partial charge in [-0.15, -0.1) is 0 Å². The average Bonchev–Trinajstić information content (AvgIpc) is 2.24. The van der Waals surface area contributed by atoms with Crippen LogP contribution in [0.5, 0.6) is 0 Å². The number of benzene rings is 1. The van der Waals surface area contributed by atoms with E-state index >= 15 is 0 Å². The summed E-state index contributed by atoms with van der Waals surface area (Å²) in [7, 11) is 0. The summed E-state index contributed by atoms with van der Waals surface area (Å²) in [4.78, 5) is 0. The van der Waals surface area contributed by atoms with Crippen LogP contribution in [0.3, 0.4) is 0 Å². The summed E-state index contributed by atoms with van der Waals surface area (Å²) in [5.41, 5.74) is 1.22. The standard InChI is InChI=1S/C15H23ClFN/c1-10(15(3,4)5)9-18-11(2)13-7-6-12(17)8-14(13)16/h6-8,10-11,18H,9H2,1-5H3. The molecule has 0 amide bonds. The van der Waals surface area contributed by atoms with E-state index < -0.39 is 0 Å². The number of halogens is 2. The highest BCUT2D eigenvalue weighted by molar-refractivity contribution is 6.31. The summed E-state index contributed by atoms with van der Waals surface area (Å²) in [5, 5.41) is 3.94. The minimum absolute atomic E-state index is 0.128. The van der Waals surface area contributed by atoms with Crippen molar-refractivity contribution in [2.24, 2.45) is 11.3 Å². The lowest BCUT2D eigenvalue weighted by Gasteiger charge is -2.29. The Morgan fingerprint density at radius 3 is 2.39 bits per heavy atom. The fourth-order valence-corrected chi connectivity index (χ4v) is 1.95. The molecule has 3 heteroatoms. The monoisotopic (exact) mass is 271 g/mol. The van der Waals surface area contributed by atoms with Crippen molar-refractivity contribution in [3.8, 4) is 0 Å². The molecule has 0 heterocycles. The van der Waals surface area contributed by atoms with Crippen LogP contribution in [-0.2, 0) is 0 Å². The molecule has 0 saturated carbocycles. The molecule has 18 heavy (non-hydrogen) atoms. The van der Waals surface area contributed by atoms with Crippen molar-refractivity contribution in [3.63, 3.8) is 0 Å². The molecule has 0 fully saturated rings. The number of nitrogens with one attached hydrogen (secondary N) is 1. The largest absolute Gasteiger partial charge is 0.310 e. The van der Waals surface area contributed by atoms with Crippen LogP contribution < -0.4 is 5.32 Å². The van der Waals surface area contributed by atoms with Gasteiger partial charge in [-0.25, -0.2) is 4.39 Å². The predicted octanol–water partition coefficient (Wildman–Crippen LogP) is 4.81. The Labute approximate surface area is 115 Å². The van der Waals surface area contributed by atoms with Gasteiger partial charge >= 0.3 is 0 Å². The van der Waals surface area contributed by atoms with E-state index in [1.54, 1.807) is 6.07 Å². The van der Waals surface area contributed by atoms with Gasteiger partial charge in [0, 0.05) is 11.1 Å². The lowest BCUT2D eigenvalue weighted by Crippen LogP contribution is -2.31. The Morgan fingerprint density at radius 2 is 1.89 bits per heavy atom. The van der Waals surface area contributed by atoms with Gasteiger partial charge in [0.25, 0.3) is 0 Å². The number of hydrogen-bond acceptors (Lipinski definition) is 1. The summed E-state index contributed by atoms with van der Waals surface area (Å²) in [6.45, 7) is 11.9. The second-order valence-electron chi connectivity index (χ2n) is 6.06. The van der Waals surface area contributed by atoms with Crippen LogP contribution in [0, 0.1) is 17.2 Å². The van der Waals surface area contributed by atoms with E-state index in [1.165, 1.54) is 12.1 Å². The molecule has 1 rings (SSSR count). The normalized spacial score (nSPS) is 15.5. The van der Waals surface area contributed by atoms with E-state index in [1.807, 2.05) is 0 Å². The van der Waals surface area contributed by atoms with Crippen molar-refractivity contribution in [1.82, 2.24) is 5.32 Å². The molecule has 0 bridgehead atoms. The molecular weight excluding hydrogens is 249 g/mol. The molecule has 0 spiro atoms. The van der Waals surface area contributed by atoms with Crippen molar-refractivity contribution in [2.75, 3.05) is 6.54 Å². The van der Waals surface area contributed by atoms with Crippen molar-refractivity contribution < 1.29 is 4.39 Å². The van der Waals surface area contributed by atoms with Crippen LogP contribution in [0.25, 0.3) is 0 Å². The molecule has 0 radical (unpaired) electrons. The third-order valence-electron chi connectivity index (χ3n) is 3.64. The molecule has 0 aliphatic heterocycles. The highest BCUT2D eigenvalue weighted by atomic mass is 35.5. The molecule has 2 unspecified atom stereocenters. The number of hydrogen-bond donors (Lipinski definition) is 1. The third kappa shape index (κ3) is 4.25. The van der Waals surface area contributed by atoms with E-state index in [4.69, 9.17) is 11.6 Å². The van der Waals surface area contributed by atoms with Gasteiger partial charge in [0.2, 0.25) is 0 Å². The van der Waals surface area contributed by atoms with E-state index in [2.05, 4.69) is 39.9 Å². The Balaban J connectivity index is 2.63. The van der Waals surface area contributed by atoms with E-state index in [9.17, 15) is 4.39 Å². The van der Waals surface area contributed by atoms with Crippen LogP contribution in [0.2, 0.25) is 5.02 Å². The molecule has 1 N–H and O–H groups in total. The lowest BCUT2D eigenvalue weighted by molar-refractivity contribution is 0.247.